The van der Waals surface area contributed by atoms with Crippen LogP contribution in [-0.2, 0) is 6.54 Å². The lowest BCUT2D eigenvalue weighted by Gasteiger charge is -2.03. The maximum Gasteiger partial charge on any atom is 0.257 e. The quantitative estimate of drug-likeness (QED) is 0.915. The zero-order valence-corrected chi connectivity index (χ0v) is 10.6. The molecule has 4 nitrogen and oxygen atoms in total. The molecule has 2 aromatic rings. The van der Waals surface area contributed by atoms with E-state index >= 15 is 0 Å². The fourth-order valence-electron chi connectivity index (χ4n) is 1.15. The first-order valence-corrected chi connectivity index (χ1v) is 6.16. The molecule has 86 valence electrons. The summed E-state index contributed by atoms with van der Waals surface area (Å²) >= 11 is 7.26. The third-order valence-corrected chi connectivity index (χ3v) is 3.13. The first-order valence-electron chi connectivity index (χ1n) is 4.96. The molecule has 0 fully saturated rings. The molecule has 2 heterocycles. The standard InChI is InChI=1S/C10H12ClN3OS/c1-6(2)12-5-9-13-14-10(15-9)7-3-4-8(11)16-7/h3-4,6,12H,5H2,1-2H3. The Hall–Kier alpha value is -0.910. The van der Waals surface area contributed by atoms with Crippen molar-refractivity contribution in [2.24, 2.45) is 0 Å². The predicted octanol–water partition coefficient (Wildman–Crippen LogP) is 2.95. The van der Waals surface area contributed by atoms with Gasteiger partial charge in [0.05, 0.1) is 15.8 Å². The van der Waals surface area contributed by atoms with Crippen LogP contribution in [-0.4, -0.2) is 16.2 Å². The second-order valence-electron chi connectivity index (χ2n) is 3.64. The molecule has 2 rings (SSSR count). The molecule has 6 heteroatoms. The van der Waals surface area contributed by atoms with Crippen molar-refractivity contribution >= 4 is 22.9 Å². The Morgan fingerprint density at radius 3 is 2.88 bits per heavy atom. The predicted molar refractivity (Wildman–Crippen MR) is 64.6 cm³/mol. The summed E-state index contributed by atoms with van der Waals surface area (Å²) in [6.07, 6.45) is 0. The van der Waals surface area contributed by atoms with E-state index in [2.05, 4.69) is 29.4 Å². The van der Waals surface area contributed by atoms with E-state index in [1.807, 2.05) is 12.1 Å². The largest absolute Gasteiger partial charge is 0.419 e. The highest BCUT2D eigenvalue weighted by Crippen LogP contribution is 2.29. The Bertz CT molecular complexity index is 466. The molecule has 0 spiro atoms. The van der Waals surface area contributed by atoms with Crippen molar-refractivity contribution in [3.63, 3.8) is 0 Å². The normalized spacial score (nSPS) is 11.2. The fourth-order valence-corrected chi connectivity index (χ4v) is 2.11. The molecule has 0 aliphatic heterocycles. The molecule has 0 aliphatic carbocycles. The summed E-state index contributed by atoms with van der Waals surface area (Å²) in [6.45, 7) is 4.72. The van der Waals surface area contributed by atoms with Gasteiger partial charge in [0.2, 0.25) is 5.89 Å². The van der Waals surface area contributed by atoms with Gasteiger partial charge in [-0.05, 0) is 12.1 Å². The van der Waals surface area contributed by atoms with Gasteiger partial charge in [0.25, 0.3) is 5.89 Å². The van der Waals surface area contributed by atoms with Crippen LogP contribution in [0, 0.1) is 0 Å². The van der Waals surface area contributed by atoms with E-state index in [1.54, 1.807) is 0 Å². The molecule has 0 amide bonds. The molecule has 0 saturated heterocycles. The minimum atomic E-state index is 0.395. The first-order chi connectivity index (χ1) is 7.65. The molecular formula is C10H12ClN3OS. The number of aromatic nitrogens is 2. The lowest BCUT2D eigenvalue weighted by atomic mass is 10.4. The minimum Gasteiger partial charge on any atom is -0.419 e. The fraction of sp³-hybridized carbons (Fsp3) is 0.400. The summed E-state index contributed by atoms with van der Waals surface area (Å²) in [5.41, 5.74) is 0. The first kappa shape index (κ1) is 11.6. The summed E-state index contributed by atoms with van der Waals surface area (Å²) in [4.78, 5) is 0.897. The van der Waals surface area contributed by atoms with E-state index in [4.69, 9.17) is 16.0 Å². The van der Waals surface area contributed by atoms with Crippen molar-refractivity contribution in [3.8, 4) is 10.8 Å². The number of nitrogens with zero attached hydrogens (tertiary/aromatic N) is 2. The van der Waals surface area contributed by atoms with E-state index < -0.39 is 0 Å². The zero-order valence-electron chi connectivity index (χ0n) is 9.03. The molecular weight excluding hydrogens is 246 g/mol. The van der Waals surface area contributed by atoms with Crippen LogP contribution in [0.3, 0.4) is 0 Å². The highest BCUT2D eigenvalue weighted by molar-refractivity contribution is 7.19. The molecule has 0 unspecified atom stereocenters. The molecule has 0 saturated carbocycles. The SMILES string of the molecule is CC(C)NCc1nnc(-c2ccc(Cl)s2)o1. The van der Waals surface area contributed by atoms with Gasteiger partial charge < -0.3 is 9.73 Å². The van der Waals surface area contributed by atoms with Crippen LogP contribution in [0.4, 0.5) is 0 Å². The van der Waals surface area contributed by atoms with E-state index in [-0.39, 0.29) is 0 Å². The topological polar surface area (TPSA) is 51.0 Å². The second kappa shape index (κ2) is 4.95. The van der Waals surface area contributed by atoms with Gasteiger partial charge in [-0.2, -0.15) is 0 Å². The van der Waals surface area contributed by atoms with Gasteiger partial charge in [0.15, 0.2) is 0 Å². The lowest BCUT2D eigenvalue weighted by molar-refractivity contribution is 0.459. The van der Waals surface area contributed by atoms with Crippen molar-refractivity contribution in [3.05, 3.63) is 22.4 Å². The maximum absolute atomic E-state index is 5.84. The third kappa shape index (κ3) is 2.81. The molecule has 0 aromatic carbocycles. The van der Waals surface area contributed by atoms with Crippen molar-refractivity contribution < 1.29 is 4.42 Å². The average molecular weight is 258 g/mol. The number of hydrogen-bond acceptors (Lipinski definition) is 5. The van der Waals surface area contributed by atoms with Gasteiger partial charge in [0, 0.05) is 6.04 Å². The van der Waals surface area contributed by atoms with E-state index in [0.717, 1.165) is 9.21 Å². The lowest BCUT2D eigenvalue weighted by Crippen LogP contribution is -2.21. The van der Waals surface area contributed by atoms with E-state index in [1.165, 1.54) is 11.3 Å². The Morgan fingerprint density at radius 1 is 1.44 bits per heavy atom. The van der Waals surface area contributed by atoms with Crippen LogP contribution in [0.2, 0.25) is 4.34 Å². The third-order valence-electron chi connectivity index (χ3n) is 1.91. The van der Waals surface area contributed by atoms with Crippen LogP contribution in [0.5, 0.6) is 0 Å². The maximum atomic E-state index is 5.84. The molecule has 0 bridgehead atoms. The second-order valence-corrected chi connectivity index (χ2v) is 5.36. The summed E-state index contributed by atoms with van der Waals surface area (Å²) in [5.74, 6) is 1.12. The van der Waals surface area contributed by atoms with Crippen LogP contribution in [0.15, 0.2) is 16.5 Å². The van der Waals surface area contributed by atoms with Crippen molar-refractivity contribution in [2.45, 2.75) is 26.4 Å². The van der Waals surface area contributed by atoms with Crippen molar-refractivity contribution in [2.75, 3.05) is 0 Å². The molecule has 16 heavy (non-hydrogen) atoms. The number of hydrogen-bond donors (Lipinski definition) is 1. The molecule has 0 radical (unpaired) electrons. The molecule has 1 N–H and O–H groups in total. The average Bonchev–Trinajstić information content (AvgIpc) is 2.83. The van der Waals surface area contributed by atoms with Gasteiger partial charge in [-0.15, -0.1) is 21.5 Å². The Labute approximate surface area is 103 Å². The van der Waals surface area contributed by atoms with Crippen molar-refractivity contribution in [1.82, 2.24) is 15.5 Å². The number of thiophene rings is 1. The summed E-state index contributed by atoms with van der Waals surface area (Å²) < 4.78 is 6.22. The van der Waals surface area contributed by atoms with Crippen LogP contribution < -0.4 is 5.32 Å². The highest BCUT2D eigenvalue weighted by Gasteiger charge is 2.10. The van der Waals surface area contributed by atoms with Crippen LogP contribution in [0.1, 0.15) is 19.7 Å². The Balaban J connectivity index is 2.07. The van der Waals surface area contributed by atoms with Gasteiger partial charge in [-0.1, -0.05) is 25.4 Å². The number of nitrogens with one attached hydrogen (secondary N) is 1. The molecule has 2 aromatic heterocycles. The van der Waals surface area contributed by atoms with E-state index in [0.29, 0.717) is 24.4 Å². The summed E-state index contributed by atoms with van der Waals surface area (Å²) in [7, 11) is 0. The van der Waals surface area contributed by atoms with Crippen LogP contribution in [0.25, 0.3) is 10.8 Å². The summed E-state index contributed by atoms with van der Waals surface area (Å²) in [5, 5.41) is 11.1. The smallest absolute Gasteiger partial charge is 0.257 e. The van der Waals surface area contributed by atoms with Gasteiger partial charge in [-0.3, -0.25) is 0 Å². The Kier molecular flexibility index (Phi) is 3.58. The minimum absolute atomic E-state index is 0.395. The highest BCUT2D eigenvalue weighted by atomic mass is 35.5. The van der Waals surface area contributed by atoms with Gasteiger partial charge in [-0.25, -0.2) is 0 Å². The number of halogens is 1. The summed E-state index contributed by atoms with van der Waals surface area (Å²) in [6, 6.07) is 4.09. The monoisotopic (exact) mass is 257 g/mol. The zero-order chi connectivity index (χ0) is 11.5. The number of rotatable bonds is 4. The van der Waals surface area contributed by atoms with Crippen molar-refractivity contribution in [1.29, 1.82) is 0 Å². The molecule has 0 atom stereocenters. The van der Waals surface area contributed by atoms with Gasteiger partial charge in [0.1, 0.15) is 0 Å². The Morgan fingerprint density at radius 2 is 2.25 bits per heavy atom. The van der Waals surface area contributed by atoms with Crippen LogP contribution >= 0.6 is 22.9 Å². The van der Waals surface area contributed by atoms with E-state index in [9.17, 15) is 0 Å². The van der Waals surface area contributed by atoms with Gasteiger partial charge >= 0.3 is 0 Å². The molecule has 0 aliphatic rings.